The number of aliphatic imine (C=N–C) groups is 2. The smallest absolute Gasteiger partial charge is 0.247 e. The largest absolute Gasteiger partial charge is 0.436 e. The van der Waals surface area contributed by atoms with Crippen LogP contribution in [0.25, 0.3) is 66.4 Å². The van der Waals surface area contributed by atoms with Gasteiger partial charge in [-0.05, 0) is 68.9 Å². The van der Waals surface area contributed by atoms with E-state index in [9.17, 15) is 0 Å². The Morgan fingerprint density at radius 2 is 1.20 bits per heavy atom. The predicted octanol–water partition coefficient (Wildman–Crippen LogP) is 9.91. The molecule has 7 heteroatoms. The minimum absolute atomic E-state index is 0.426. The normalized spacial score (nSPS) is 14.5. The van der Waals surface area contributed by atoms with E-state index < -0.39 is 6.17 Å². The van der Waals surface area contributed by atoms with Crippen molar-refractivity contribution in [3.63, 3.8) is 0 Å². The highest BCUT2D eigenvalue weighted by atomic mass is 16.3. The van der Waals surface area contributed by atoms with E-state index in [4.69, 9.17) is 19.4 Å². The van der Waals surface area contributed by atoms with Crippen LogP contribution in [-0.2, 0) is 0 Å². The van der Waals surface area contributed by atoms with E-state index in [-0.39, 0.29) is 0 Å². The first-order valence-electron chi connectivity index (χ1n) is 16.9. The van der Waals surface area contributed by atoms with Gasteiger partial charge in [0.1, 0.15) is 28.3 Å². The van der Waals surface area contributed by atoms with Crippen LogP contribution in [0.2, 0.25) is 0 Å². The topological polar surface area (TPSA) is 88.6 Å². The molecule has 0 radical (unpaired) electrons. The molecule has 1 aliphatic heterocycles. The van der Waals surface area contributed by atoms with E-state index in [0.717, 1.165) is 72.3 Å². The van der Waals surface area contributed by atoms with Crippen LogP contribution in [0.3, 0.4) is 0 Å². The Balaban J connectivity index is 1.03. The molecule has 0 bridgehead atoms. The van der Waals surface area contributed by atoms with Crippen LogP contribution in [0.15, 0.2) is 172 Å². The van der Waals surface area contributed by atoms with E-state index in [1.165, 1.54) is 5.56 Å². The van der Waals surface area contributed by atoms with Gasteiger partial charge >= 0.3 is 0 Å². The molecule has 6 aromatic carbocycles. The molecule has 0 fully saturated rings. The van der Waals surface area contributed by atoms with Gasteiger partial charge in [0.2, 0.25) is 5.71 Å². The first-order chi connectivity index (χ1) is 25.2. The lowest BCUT2D eigenvalue weighted by atomic mass is 9.97. The summed E-state index contributed by atoms with van der Waals surface area (Å²) >= 11 is 0. The van der Waals surface area contributed by atoms with Crippen LogP contribution >= 0.6 is 0 Å². The number of nitrogens with zero attached hydrogens (tertiary/aromatic N) is 5. The lowest BCUT2D eigenvalue weighted by molar-refractivity contribution is 0.655. The van der Waals surface area contributed by atoms with Crippen molar-refractivity contribution in [1.29, 1.82) is 0 Å². The standard InChI is InChI=1S/C44H28N6O/c1-3-9-27(10-4-1)28-16-18-30(19-17-28)41-48-40(29-11-5-2-6-12-29)49-42(50-41)34-14-7-13-31(26-34)32-20-22-35-33(25-32)21-23-37-38(35)39-44(51-37)46-36-15-8-24-45-43(36)47-39/h1-26,42H,(H,48,49,50). The fourth-order valence-electron chi connectivity index (χ4n) is 6.85. The first-order valence-corrected chi connectivity index (χ1v) is 16.9. The molecule has 10 rings (SSSR count). The van der Waals surface area contributed by atoms with Gasteiger partial charge in [-0.15, -0.1) is 0 Å². The average molecular weight is 657 g/mol. The molecule has 51 heavy (non-hydrogen) atoms. The van der Waals surface area contributed by atoms with Crippen LogP contribution in [0, 0.1) is 0 Å². The van der Waals surface area contributed by atoms with Crippen molar-refractivity contribution in [1.82, 2.24) is 20.3 Å². The Hall–Kier alpha value is -6.99. The molecule has 7 nitrogen and oxygen atoms in total. The van der Waals surface area contributed by atoms with Gasteiger partial charge in [0.25, 0.3) is 0 Å². The molecule has 3 aromatic heterocycles. The maximum atomic E-state index is 6.14. The zero-order valence-corrected chi connectivity index (χ0v) is 27.2. The number of hydrogen-bond donors (Lipinski definition) is 1. The van der Waals surface area contributed by atoms with Crippen molar-refractivity contribution >= 4 is 55.8 Å². The number of fused-ring (bicyclic) bond motifs is 6. The van der Waals surface area contributed by atoms with Crippen molar-refractivity contribution in [2.45, 2.75) is 6.17 Å². The van der Waals surface area contributed by atoms with Gasteiger partial charge in [0.05, 0.1) is 5.39 Å². The Bertz CT molecular complexity index is 2830. The fraction of sp³-hybridized carbons (Fsp3) is 0.0227. The highest BCUT2D eigenvalue weighted by Gasteiger charge is 2.21. The molecule has 1 N–H and O–H groups in total. The maximum Gasteiger partial charge on any atom is 0.247 e. The SMILES string of the molecule is c1ccc(C2=NC(c3cccc(-c4ccc5c(ccc6oc7nc8cccnc8nc7c65)c4)c3)N=C(c3ccc(-c4ccccc4)cc3)N2)cc1. The third-order valence-corrected chi connectivity index (χ3v) is 9.40. The van der Waals surface area contributed by atoms with Crippen molar-refractivity contribution in [2.24, 2.45) is 9.98 Å². The van der Waals surface area contributed by atoms with Crippen molar-refractivity contribution in [3.8, 4) is 22.3 Å². The molecule has 1 unspecified atom stereocenters. The Labute approximate surface area is 292 Å². The molecular weight excluding hydrogens is 629 g/mol. The van der Waals surface area contributed by atoms with Crippen molar-refractivity contribution < 1.29 is 4.42 Å². The zero-order chi connectivity index (χ0) is 33.7. The highest BCUT2D eigenvalue weighted by Crippen LogP contribution is 2.36. The van der Waals surface area contributed by atoms with Crippen LogP contribution < -0.4 is 5.32 Å². The van der Waals surface area contributed by atoms with Crippen LogP contribution in [0.4, 0.5) is 0 Å². The fourth-order valence-corrected chi connectivity index (χ4v) is 6.85. The zero-order valence-electron chi connectivity index (χ0n) is 27.2. The molecule has 1 atom stereocenters. The van der Waals surface area contributed by atoms with E-state index in [2.05, 4.69) is 124 Å². The summed E-state index contributed by atoms with van der Waals surface area (Å²) in [7, 11) is 0. The van der Waals surface area contributed by atoms with Gasteiger partial charge in [-0.25, -0.2) is 24.9 Å². The molecule has 4 heterocycles. The number of aromatic nitrogens is 3. The molecule has 0 saturated carbocycles. The molecule has 1 aliphatic rings. The second-order valence-corrected chi connectivity index (χ2v) is 12.6. The maximum absolute atomic E-state index is 6.14. The second-order valence-electron chi connectivity index (χ2n) is 12.6. The second kappa shape index (κ2) is 11.9. The van der Waals surface area contributed by atoms with Crippen LogP contribution in [-0.4, -0.2) is 26.6 Å². The quantitative estimate of drug-likeness (QED) is 0.199. The summed E-state index contributed by atoms with van der Waals surface area (Å²) < 4.78 is 6.14. The Kier molecular flexibility index (Phi) is 6.74. The average Bonchev–Trinajstić information content (AvgIpc) is 3.58. The van der Waals surface area contributed by atoms with Gasteiger partial charge < -0.3 is 9.73 Å². The lowest BCUT2D eigenvalue weighted by Gasteiger charge is -2.23. The molecule has 240 valence electrons. The van der Waals surface area contributed by atoms with E-state index in [0.29, 0.717) is 16.9 Å². The lowest BCUT2D eigenvalue weighted by Crippen LogP contribution is -2.36. The van der Waals surface area contributed by atoms with Crippen LogP contribution in [0.5, 0.6) is 0 Å². The third kappa shape index (κ3) is 5.19. The summed E-state index contributed by atoms with van der Waals surface area (Å²) in [6, 6.07) is 52.0. The van der Waals surface area contributed by atoms with Gasteiger partial charge in [0.15, 0.2) is 11.8 Å². The van der Waals surface area contributed by atoms with E-state index in [1.807, 2.05) is 42.5 Å². The van der Waals surface area contributed by atoms with Gasteiger partial charge in [0, 0.05) is 17.3 Å². The number of hydrogen-bond acceptors (Lipinski definition) is 7. The minimum Gasteiger partial charge on any atom is -0.436 e. The van der Waals surface area contributed by atoms with E-state index >= 15 is 0 Å². The summed E-state index contributed by atoms with van der Waals surface area (Å²) in [5.74, 6) is 1.57. The number of benzene rings is 6. The number of rotatable bonds is 5. The monoisotopic (exact) mass is 656 g/mol. The molecule has 0 saturated heterocycles. The van der Waals surface area contributed by atoms with E-state index in [1.54, 1.807) is 6.20 Å². The number of pyridine rings is 1. The molecule has 9 aromatic rings. The number of amidine groups is 2. The van der Waals surface area contributed by atoms with Gasteiger partial charge in [-0.1, -0.05) is 121 Å². The Morgan fingerprint density at radius 1 is 0.529 bits per heavy atom. The summed E-state index contributed by atoms with van der Waals surface area (Å²) in [6.45, 7) is 0. The Morgan fingerprint density at radius 3 is 2.00 bits per heavy atom. The summed E-state index contributed by atoms with van der Waals surface area (Å²) in [4.78, 5) is 24.2. The highest BCUT2D eigenvalue weighted by molar-refractivity contribution is 6.18. The molecule has 0 amide bonds. The minimum atomic E-state index is -0.426. The number of nitrogens with one attached hydrogen (secondary N) is 1. The molecular formula is C44H28N6O. The summed E-state index contributed by atoms with van der Waals surface area (Å²) in [5.41, 5.74) is 10.8. The first kappa shape index (κ1) is 29.0. The molecule has 0 aliphatic carbocycles. The predicted molar refractivity (Wildman–Crippen MR) is 205 cm³/mol. The van der Waals surface area contributed by atoms with Gasteiger partial charge in [-0.3, -0.25) is 0 Å². The van der Waals surface area contributed by atoms with Crippen molar-refractivity contribution in [3.05, 3.63) is 175 Å². The van der Waals surface area contributed by atoms with Gasteiger partial charge in [-0.2, -0.15) is 0 Å². The summed E-state index contributed by atoms with van der Waals surface area (Å²) in [5, 5.41) is 6.61. The molecule has 0 spiro atoms. The number of furan rings is 1. The summed E-state index contributed by atoms with van der Waals surface area (Å²) in [6.07, 6.45) is 1.31. The van der Waals surface area contributed by atoms with Crippen molar-refractivity contribution in [2.75, 3.05) is 0 Å². The third-order valence-electron chi connectivity index (χ3n) is 9.40. The van der Waals surface area contributed by atoms with Crippen LogP contribution in [0.1, 0.15) is 22.9 Å².